The van der Waals surface area contributed by atoms with Crippen LogP contribution in [-0.2, 0) is 0 Å². The van der Waals surface area contributed by atoms with Gasteiger partial charge in [-0.15, -0.1) is 0 Å². The average Bonchev–Trinajstić information content (AvgIpc) is 2.78. The van der Waals surface area contributed by atoms with Gasteiger partial charge in [0, 0.05) is 12.8 Å². The highest BCUT2D eigenvalue weighted by Gasteiger charge is 2.54. The second-order valence-corrected chi connectivity index (χ2v) is 8.75. The Hall–Kier alpha value is -0.0800. The Morgan fingerprint density at radius 2 is 1.60 bits per heavy atom. The lowest BCUT2D eigenvalue weighted by Gasteiger charge is -2.55. The summed E-state index contributed by atoms with van der Waals surface area (Å²) in [7, 11) is 0. The number of fused-ring (bicyclic) bond motifs is 5. The van der Waals surface area contributed by atoms with Gasteiger partial charge in [0.25, 0.3) is 0 Å². The van der Waals surface area contributed by atoms with Gasteiger partial charge in [-0.3, -0.25) is 0 Å². The lowest BCUT2D eigenvalue weighted by molar-refractivity contribution is -0.212. The van der Waals surface area contributed by atoms with Crippen molar-refractivity contribution in [3.63, 3.8) is 0 Å². The molecule has 2 heteroatoms. The zero-order valence-electron chi connectivity index (χ0n) is 12.9. The molecule has 4 rings (SSSR count). The Balaban J connectivity index is 1.55. The Morgan fingerprint density at radius 3 is 2.45 bits per heavy atom. The van der Waals surface area contributed by atoms with Crippen LogP contribution < -0.4 is 0 Å². The minimum absolute atomic E-state index is 0.589. The first kappa shape index (κ1) is 13.6. The molecule has 0 aromatic carbocycles. The van der Waals surface area contributed by atoms with Crippen LogP contribution in [0.25, 0.3) is 0 Å². The second-order valence-electron chi connectivity index (χ2n) is 8.75. The molecule has 0 saturated heterocycles. The highest BCUT2D eigenvalue weighted by Crippen LogP contribution is 2.62. The van der Waals surface area contributed by atoms with Gasteiger partial charge in [-0.25, -0.2) is 0 Å². The Morgan fingerprint density at radius 1 is 0.800 bits per heavy atom. The summed E-state index contributed by atoms with van der Waals surface area (Å²) in [4.78, 5) is 0. The van der Waals surface area contributed by atoms with Gasteiger partial charge >= 0.3 is 0 Å². The van der Waals surface area contributed by atoms with E-state index in [4.69, 9.17) is 0 Å². The summed E-state index contributed by atoms with van der Waals surface area (Å²) >= 11 is 0. The lowest BCUT2D eigenvalue weighted by atomic mass is 9.50. The van der Waals surface area contributed by atoms with E-state index in [1.54, 1.807) is 0 Å². The Bertz CT molecular complexity index is 391. The zero-order valence-corrected chi connectivity index (χ0v) is 12.9. The van der Waals surface area contributed by atoms with Gasteiger partial charge in [0.15, 0.2) is 5.79 Å². The summed E-state index contributed by atoms with van der Waals surface area (Å²) in [5.74, 6) is 2.88. The smallest absolute Gasteiger partial charge is 0.162 e. The number of hydrogen-bond donors (Lipinski definition) is 2. The average molecular weight is 278 g/mol. The van der Waals surface area contributed by atoms with E-state index in [9.17, 15) is 10.2 Å². The molecule has 0 bridgehead atoms. The van der Waals surface area contributed by atoms with Crippen molar-refractivity contribution >= 4 is 0 Å². The predicted molar refractivity (Wildman–Crippen MR) is 78.9 cm³/mol. The summed E-state index contributed by atoms with van der Waals surface area (Å²) in [6.45, 7) is 2.56. The molecular formula is C18H30O2. The SMILES string of the molecule is C[C@@]12CCC[C@H]1[C@@H]1CCC3CC(O)(O)CC[C@@H]3[C@H]1CC2. The van der Waals surface area contributed by atoms with E-state index in [0.29, 0.717) is 24.2 Å². The molecule has 0 heterocycles. The number of rotatable bonds is 0. The Kier molecular flexibility index (Phi) is 3.03. The topological polar surface area (TPSA) is 40.5 Å². The van der Waals surface area contributed by atoms with Gasteiger partial charge in [-0.05, 0) is 80.0 Å². The van der Waals surface area contributed by atoms with Crippen LogP contribution in [0.2, 0.25) is 0 Å². The van der Waals surface area contributed by atoms with E-state index in [1.807, 2.05) is 0 Å². The van der Waals surface area contributed by atoms with E-state index >= 15 is 0 Å². The van der Waals surface area contributed by atoms with Crippen LogP contribution in [0.15, 0.2) is 0 Å². The molecule has 4 fully saturated rings. The second kappa shape index (κ2) is 4.46. The fourth-order valence-electron chi connectivity index (χ4n) is 6.85. The van der Waals surface area contributed by atoms with Crippen molar-refractivity contribution in [2.24, 2.45) is 35.0 Å². The van der Waals surface area contributed by atoms with Crippen molar-refractivity contribution < 1.29 is 10.2 Å². The first-order valence-electron chi connectivity index (χ1n) is 8.93. The first-order valence-corrected chi connectivity index (χ1v) is 8.93. The van der Waals surface area contributed by atoms with Crippen molar-refractivity contribution in [2.75, 3.05) is 0 Å². The molecular weight excluding hydrogens is 248 g/mol. The van der Waals surface area contributed by atoms with E-state index in [0.717, 1.165) is 30.1 Å². The highest BCUT2D eigenvalue weighted by atomic mass is 16.5. The van der Waals surface area contributed by atoms with Crippen LogP contribution in [0.3, 0.4) is 0 Å². The molecule has 0 aliphatic heterocycles. The van der Waals surface area contributed by atoms with Gasteiger partial charge in [0.2, 0.25) is 0 Å². The number of hydrogen-bond acceptors (Lipinski definition) is 2. The maximum absolute atomic E-state index is 9.96. The molecule has 2 N–H and O–H groups in total. The van der Waals surface area contributed by atoms with Crippen molar-refractivity contribution in [3.8, 4) is 0 Å². The molecule has 0 spiro atoms. The van der Waals surface area contributed by atoms with Gasteiger partial charge in [0.05, 0.1) is 0 Å². The van der Waals surface area contributed by atoms with Crippen LogP contribution in [-0.4, -0.2) is 16.0 Å². The zero-order chi connectivity index (χ0) is 14.0. The first-order chi connectivity index (χ1) is 9.49. The molecule has 1 unspecified atom stereocenters. The largest absolute Gasteiger partial charge is 0.366 e. The lowest BCUT2D eigenvalue weighted by Crippen LogP contribution is -2.50. The maximum Gasteiger partial charge on any atom is 0.162 e. The van der Waals surface area contributed by atoms with Crippen LogP contribution in [0, 0.1) is 35.0 Å². The molecule has 4 aliphatic rings. The molecule has 4 saturated carbocycles. The summed E-state index contributed by atoms with van der Waals surface area (Å²) in [5.41, 5.74) is 0.653. The normalized spacial score (nSPS) is 53.9. The summed E-state index contributed by atoms with van der Waals surface area (Å²) in [5, 5.41) is 19.9. The van der Waals surface area contributed by atoms with E-state index in [2.05, 4.69) is 6.92 Å². The van der Waals surface area contributed by atoms with Crippen LogP contribution in [0.1, 0.15) is 71.1 Å². The molecule has 4 aliphatic carbocycles. The molecule has 0 aromatic rings. The van der Waals surface area contributed by atoms with Gasteiger partial charge in [0.1, 0.15) is 0 Å². The van der Waals surface area contributed by atoms with Crippen molar-refractivity contribution in [3.05, 3.63) is 0 Å². The standard InChI is InChI=1S/C18H30O2/c1-17-8-2-3-16(17)15-5-4-12-11-18(19,20)10-7-13(12)14(15)6-9-17/h12-16,19-20H,2-11H2,1H3/t12?,13-,14+,15+,16-,17-/m0/s1. The third kappa shape index (κ3) is 1.98. The minimum atomic E-state index is -1.36. The third-order valence-electron chi connectivity index (χ3n) is 7.77. The van der Waals surface area contributed by atoms with Crippen LogP contribution >= 0.6 is 0 Å². The molecule has 114 valence electrons. The summed E-state index contributed by atoms with van der Waals surface area (Å²) < 4.78 is 0. The maximum atomic E-state index is 9.96. The molecule has 0 radical (unpaired) electrons. The monoisotopic (exact) mass is 278 g/mol. The van der Waals surface area contributed by atoms with E-state index in [-0.39, 0.29) is 0 Å². The van der Waals surface area contributed by atoms with Gasteiger partial charge in [-0.1, -0.05) is 13.3 Å². The minimum Gasteiger partial charge on any atom is -0.366 e. The van der Waals surface area contributed by atoms with Crippen molar-refractivity contribution in [2.45, 2.75) is 76.9 Å². The predicted octanol–water partition coefficient (Wildman–Crippen LogP) is 3.71. The fourth-order valence-corrected chi connectivity index (χ4v) is 6.85. The molecule has 20 heavy (non-hydrogen) atoms. The quantitative estimate of drug-likeness (QED) is 0.663. The van der Waals surface area contributed by atoms with Crippen LogP contribution in [0.4, 0.5) is 0 Å². The van der Waals surface area contributed by atoms with Crippen molar-refractivity contribution in [1.82, 2.24) is 0 Å². The van der Waals surface area contributed by atoms with E-state index in [1.165, 1.54) is 44.9 Å². The number of aliphatic hydroxyl groups is 2. The summed E-state index contributed by atoms with van der Waals surface area (Å²) in [6, 6.07) is 0. The molecule has 2 nitrogen and oxygen atoms in total. The van der Waals surface area contributed by atoms with Gasteiger partial charge in [-0.2, -0.15) is 0 Å². The molecule has 0 aromatic heterocycles. The van der Waals surface area contributed by atoms with Gasteiger partial charge < -0.3 is 10.2 Å². The van der Waals surface area contributed by atoms with E-state index < -0.39 is 5.79 Å². The fraction of sp³-hybridized carbons (Fsp3) is 1.00. The Labute approximate surface area is 123 Å². The van der Waals surface area contributed by atoms with Crippen molar-refractivity contribution in [1.29, 1.82) is 0 Å². The summed E-state index contributed by atoms with van der Waals surface area (Å²) in [6.07, 6.45) is 12.2. The highest BCUT2D eigenvalue weighted by molar-refractivity contribution is 5.03. The molecule has 0 amide bonds. The molecule has 6 atom stereocenters. The van der Waals surface area contributed by atoms with Crippen LogP contribution in [0.5, 0.6) is 0 Å². The third-order valence-corrected chi connectivity index (χ3v) is 7.77.